The monoisotopic (exact) mass is 221 g/mol. The number of amides is 1. The first-order chi connectivity index (χ1) is 7.74. The molecule has 0 aromatic heterocycles. The summed E-state index contributed by atoms with van der Waals surface area (Å²) in [5, 5.41) is 11.9. The van der Waals surface area contributed by atoms with Gasteiger partial charge in [0.05, 0.1) is 0 Å². The van der Waals surface area contributed by atoms with Gasteiger partial charge < -0.3 is 15.2 Å². The Kier molecular flexibility index (Phi) is 3.29. The topological polar surface area (TPSA) is 58.6 Å². The minimum Gasteiger partial charge on any atom is -0.508 e. The highest BCUT2D eigenvalue weighted by Gasteiger charge is 2.21. The summed E-state index contributed by atoms with van der Waals surface area (Å²) >= 11 is 0. The number of rotatable bonds is 5. The fraction of sp³-hybridized carbons (Fsp3) is 0.417. The second-order valence-corrected chi connectivity index (χ2v) is 4.03. The maximum atomic E-state index is 11.3. The smallest absolute Gasteiger partial charge is 0.257 e. The summed E-state index contributed by atoms with van der Waals surface area (Å²) < 4.78 is 5.25. The van der Waals surface area contributed by atoms with Gasteiger partial charge in [0.15, 0.2) is 6.61 Å². The molecule has 1 aliphatic rings. The Morgan fingerprint density at radius 2 is 2.06 bits per heavy atom. The zero-order chi connectivity index (χ0) is 11.4. The van der Waals surface area contributed by atoms with Gasteiger partial charge in [-0.15, -0.1) is 0 Å². The van der Waals surface area contributed by atoms with Gasteiger partial charge in [0, 0.05) is 6.54 Å². The van der Waals surface area contributed by atoms with E-state index in [2.05, 4.69) is 5.32 Å². The molecule has 0 heterocycles. The summed E-state index contributed by atoms with van der Waals surface area (Å²) in [6.07, 6.45) is 2.44. The molecule has 0 spiro atoms. The number of nitrogens with one attached hydrogen (secondary N) is 1. The van der Waals surface area contributed by atoms with Crippen molar-refractivity contribution in [2.24, 2.45) is 5.92 Å². The molecule has 0 saturated heterocycles. The van der Waals surface area contributed by atoms with Crippen molar-refractivity contribution >= 4 is 5.91 Å². The standard InChI is InChI=1S/C12H15NO3/c14-10-3-5-11(6-4-10)16-8-12(15)13-7-9-1-2-9/h3-6,9,14H,1-2,7-8H2,(H,13,15). The third-order valence-corrected chi connectivity index (χ3v) is 2.49. The Hall–Kier alpha value is -1.71. The lowest BCUT2D eigenvalue weighted by atomic mass is 10.3. The van der Waals surface area contributed by atoms with Gasteiger partial charge in [0.2, 0.25) is 0 Å². The van der Waals surface area contributed by atoms with Crippen molar-refractivity contribution in [2.45, 2.75) is 12.8 Å². The van der Waals surface area contributed by atoms with Crippen LogP contribution in [0.1, 0.15) is 12.8 Å². The lowest BCUT2D eigenvalue weighted by Gasteiger charge is -2.06. The number of ether oxygens (including phenoxy) is 1. The molecule has 1 fully saturated rings. The van der Waals surface area contributed by atoms with Crippen molar-refractivity contribution in [3.63, 3.8) is 0 Å². The fourth-order valence-electron chi connectivity index (χ4n) is 1.32. The molecule has 86 valence electrons. The molecule has 2 N–H and O–H groups in total. The van der Waals surface area contributed by atoms with Gasteiger partial charge in [-0.05, 0) is 43.0 Å². The predicted octanol–water partition coefficient (Wildman–Crippen LogP) is 1.30. The van der Waals surface area contributed by atoms with Crippen LogP contribution in [0.5, 0.6) is 11.5 Å². The molecule has 1 aromatic carbocycles. The van der Waals surface area contributed by atoms with Crippen LogP contribution in [0.25, 0.3) is 0 Å². The minimum absolute atomic E-state index is 0.0253. The molecule has 1 saturated carbocycles. The quantitative estimate of drug-likeness (QED) is 0.787. The summed E-state index contributed by atoms with van der Waals surface area (Å²) in [6, 6.07) is 6.31. The minimum atomic E-state index is -0.0972. The number of carbonyl (C=O) groups is 1. The number of hydrogen-bond donors (Lipinski definition) is 2. The average molecular weight is 221 g/mol. The normalized spacial score (nSPS) is 14.5. The molecule has 1 aliphatic carbocycles. The molecule has 2 rings (SSSR count). The van der Waals surface area contributed by atoms with Crippen LogP contribution in [0.15, 0.2) is 24.3 Å². The maximum Gasteiger partial charge on any atom is 0.257 e. The third kappa shape index (κ3) is 3.46. The van der Waals surface area contributed by atoms with E-state index < -0.39 is 0 Å². The molecular formula is C12H15NO3. The first kappa shape index (κ1) is 10.8. The van der Waals surface area contributed by atoms with Crippen LogP contribution < -0.4 is 10.1 Å². The Labute approximate surface area is 94.2 Å². The van der Waals surface area contributed by atoms with E-state index >= 15 is 0 Å². The third-order valence-electron chi connectivity index (χ3n) is 2.49. The number of phenolic OH excluding ortho intramolecular Hbond substituents is 1. The van der Waals surface area contributed by atoms with Crippen molar-refractivity contribution in [2.75, 3.05) is 13.2 Å². The van der Waals surface area contributed by atoms with Gasteiger partial charge >= 0.3 is 0 Å². The molecule has 0 radical (unpaired) electrons. The summed E-state index contributed by atoms with van der Waals surface area (Å²) in [5.41, 5.74) is 0. The predicted molar refractivity (Wildman–Crippen MR) is 59.3 cm³/mol. The first-order valence-corrected chi connectivity index (χ1v) is 5.42. The maximum absolute atomic E-state index is 11.3. The van der Waals surface area contributed by atoms with Gasteiger partial charge in [0.1, 0.15) is 11.5 Å². The summed E-state index contributed by atoms with van der Waals surface area (Å²) in [4.78, 5) is 11.3. The lowest BCUT2D eigenvalue weighted by molar-refractivity contribution is -0.123. The largest absolute Gasteiger partial charge is 0.508 e. The van der Waals surface area contributed by atoms with E-state index in [0.29, 0.717) is 11.7 Å². The first-order valence-electron chi connectivity index (χ1n) is 5.42. The Balaban J connectivity index is 1.69. The number of hydrogen-bond acceptors (Lipinski definition) is 3. The zero-order valence-corrected chi connectivity index (χ0v) is 8.98. The van der Waals surface area contributed by atoms with E-state index in [9.17, 15) is 4.79 Å². The Morgan fingerprint density at radius 3 is 2.69 bits per heavy atom. The average Bonchev–Trinajstić information content (AvgIpc) is 3.09. The van der Waals surface area contributed by atoms with E-state index in [-0.39, 0.29) is 18.3 Å². The molecule has 4 heteroatoms. The fourth-order valence-corrected chi connectivity index (χ4v) is 1.32. The number of carbonyl (C=O) groups excluding carboxylic acids is 1. The molecule has 0 aliphatic heterocycles. The van der Waals surface area contributed by atoms with Crippen LogP contribution in [-0.2, 0) is 4.79 Å². The van der Waals surface area contributed by atoms with Crippen LogP contribution in [0.2, 0.25) is 0 Å². The number of benzene rings is 1. The molecule has 0 bridgehead atoms. The van der Waals surface area contributed by atoms with Gasteiger partial charge in [-0.25, -0.2) is 0 Å². The summed E-state index contributed by atoms with van der Waals surface area (Å²) in [7, 11) is 0. The van der Waals surface area contributed by atoms with Crippen LogP contribution in [0.4, 0.5) is 0 Å². The number of aromatic hydroxyl groups is 1. The zero-order valence-electron chi connectivity index (χ0n) is 8.98. The van der Waals surface area contributed by atoms with E-state index in [4.69, 9.17) is 9.84 Å². The van der Waals surface area contributed by atoms with Gasteiger partial charge in [-0.2, -0.15) is 0 Å². The SMILES string of the molecule is O=C(COc1ccc(O)cc1)NCC1CC1. The molecule has 4 nitrogen and oxygen atoms in total. The van der Waals surface area contributed by atoms with Gasteiger partial charge in [-0.1, -0.05) is 0 Å². The van der Waals surface area contributed by atoms with Crippen molar-refractivity contribution in [1.82, 2.24) is 5.32 Å². The van der Waals surface area contributed by atoms with Gasteiger partial charge in [0.25, 0.3) is 5.91 Å². The van der Waals surface area contributed by atoms with Crippen molar-refractivity contribution in [3.8, 4) is 11.5 Å². The highest BCUT2D eigenvalue weighted by atomic mass is 16.5. The van der Waals surface area contributed by atoms with E-state index in [1.807, 2.05) is 0 Å². The molecular weight excluding hydrogens is 206 g/mol. The van der Waals surface area contributed by atoms with Crippen molar-refractivity contribution < 1.29 is 14.6 Å². The summed E-state index contributed by atoms with van der Waals surface area (Å²) in [6.45, 7) is 0.787. The Bertz CT molecular complexity index is 357. The van der Waals surface area contributed by atoms with E-state index in [1.165, 1.54) is 25.0 Å². The number of phenols is 1. The van der Waals surface area contributed by atoms with E-state index in [1.54, 1.807) is 12.1 Å². The van der Waals surface area contributed by atoms with Crippen LogP contribution in [0, 0.1) is 5.92 Å². The molecule has 1 aromatic rings. The Morgan fingerprint density at radius 1 is 1.38 bits per heavy atom. The summed E-state index contributed by atoms with van der Waals surface area (Å²) in [5.74, 6) is 1.35. The van der Waals surface area contributed by atoms with Crippen LogP contribution in [0.3, 0.4) is 0 Å². The van der Waals surface area contributed by atoms with Crippen LogP contribution >= 0.6 is 0 Å². The second-order valence-electron chi connectivity index (χ2n) is 4.03. The molecule has 0 atom stereocenters. The van der Waals surface area contributed by atoms with Crippen molar-refractivity contribution in [3.05, 3.63) is 24.3 Å². The molecule has 16 heavy (non-hydrogen) atoms. The molecule has 0 unspecified atom stereocenters. The van der Waals surface area contributed by atoms with Crippen molar-refractivity contribution in [1.29, 1.82) is 0 Å². The highest BCUT2D eigenvalue weighted by Crippen LogP contribution is 2.27. The van der Waals surface area contributed by atoms with E-state index in [0.717, 1.165) is 6.54 Å². The van der Waals surface area contributed by atoms with Gasteiger partial charge in [-0.3, -0.25) is 4.79 Å². The van der Waals surface area contributed by atoms with Crippen LogP contribution in [-0.4, -0.2) is 24.2 Å². The second kappa shape index (κ2) is 4.88. The lowest BCUT2D eigenvalue weighted by Crippen LogP contribution is -2.30. The highest BCUT2D eigenvalue weighted by molar-refractivity contribution is 5.77. The molecule has 1 amide bonds.